The van der Waals surface area contributed by atoms with Crippen molar-refractivity contribution in [2.75, 3.05) is 33.7 Å². The second-order valence-electron chi connectivity index (χ2n) is 6.98. The third kappa shape index (κ3) is 4.41. The summed E-state index contributed by atoms with van der Waals surface area (Å²) in [6, 6.07) is 3.69. The Morgan fingerprint density at radius 2 is 2.04 bits per heavy atom. The fraction of sp³-hybridized carbons (Fsp3) is 0.556. The van der Waals surface area contributed by atoms with Crippen molar-refractivity contribution in [1.82, 2.24) is 19.8 Å². The van der Waals surface area contributed by atoms with Crippen molar-refractivity contribution in [3.63, 3.8) is 0 Å². The minimum atomic E-state index is -0.572. The van der Waals surface area contributed by atoms with Gasteiger partial charge in [0.1, 0.15) is 0 Å². The molecule has 0 aromatic carbocycles. The molecule has 1 aliphatic rings. The van der Waals surface area contributed by atoms with Crippen molar-refractivity contribution in [1.29, 1.82) is 0 Å². The van der Waals surface area contributed by atoms with Gasteiger partial charge < -0.3 is 14.4 Å². The van der Waals surface area contributed by atoms with E-state index < -0.39 is 5.60 Å². The highest BCUT2D eigenvalue weighted by Crippen LogP contribution is 2.24. The average Bonchev–Trinajstić information content (AvgIpc) is 3.01. The maximum Gasteiger partial charge on any atom is 0.195 e. The summed E-state index contributed by atoms with van der Waals surface area (Å²) in [6.07, 6.45) is 8.02. The molecule has 1 atom stereocenters. The second kappa shape index (κ2) is 7.42. The maximum atomic E-state index is 10.7. The number of nitrogens with zero attached hydrogens (tertiary/aromatic N) is 4. The van der Waals surface area contributed by atoms with E-state index in [0.29, 0.717) is 11.6 Å². The zero-order chi connectivity index (χ0) is 17.0. The average molecular weight is 330 g/mol. The molecule has 0 amide bonds. The predicted molar refractivity (Wildman–Crippen MR) is 92.4 cm³/mol. The van der Waals surface area contributed by atoms with Crippen molar-refractivity contribution >= 4 is 0 Å². The number of aromatic nitrogens is 2. The van der Waals surface area contributed by atoms with Gasteiger partial charge in [0.25, 0.3) is 0 Å². The van der Waals surface area contributed by atoms with E-state index in [2.05, 4.69) is 19.8 Å². The normalized spacial score (nSPS) is 22.7. The second-order valence-corrected chi connectivity index (χ2v) is 6.98. The third-order valence-corrected chi connectivity index (χ3v) is 4.47. The Bertz CT molecular complexity index is 627. The van der Waals surface area contributed by atoms with Crippen molar-refractivity contribution in [2.45, 2.75) is 31.4 Å². The molecule has 2 aromatic rings. The first-order valence-corrected chi connectivity index (χ1v) is 8.48. The van der Waals surface area contributed by atoms with Crippen LogP contribution in [0.15, 0.2) is 35.2 Å². The van der Waals surface area contributed by atoms with E-state index in [1.54, 1.807) is 6.26 Å². The van der Waals surface area contributed by atoms with Crippen LogP contribution in [0.1, 0.15) is 24.8 Å². The van der Waals surface area contributed by atoms with Crippen LogP contribution < -0.4 is 0 Å². The van der Waals surface area contributed by atoms with E-state index >= 15 is 0 Å². The van der Waals surface area contributed by atoms with Gasteiger partial charge in [0.15, 0.2) is 11.6 Å². The lowest BCUT2D eigenvalue weighted by Gasteiger charge is -2.30. The Morgan fingerprint density at radius 1 is 1.25 bits per heavy atom. The molecule has 0 saturated carbocycles. The van der Waals surface area contributed by atoms with Crippen LogP contribution in [-0.2, 0) is 6.54 Å². The van der Waals surface area contributed by atoms with Crippen LogP contribution in [-0.4, -0.2) is 64.2 Å². The van der Waals surface area contributed by atoms with Gasteiger partial charge in [-0.05, 0) is 52.0 Å². The molecule has 3 heterocycles. The molecule has 1 unspecified atom stereocenters. The van der Waals surface area contributed by atoms with Crippen LogP contribution in [0.4, 0.5) is 0 Å². The highest BCUT2D eigenvalue weighted by molar-refractivity contribution is 5.45. The van der Waals surface area contributed by atoms with Gasteiger partial charge in [0.05, 0.1) is 11.9 Å². The number of hydrogen-bond acceptors (Lipinski definition) is 6. The fourth-order valence-electron chi connectivity index (χ4n) is 3.37. The highest BCUT2D eigenvalue weighted by atomic mass is 16.3. The van der Waals surface area contributed by atoms with Crippen LogP contribution in [0.2, 0.25) is 0 Å². The molecule has 2 aromatic heterocycles. The van der Waals surface area contributed by atoms with Gasteiger partial charge in [-0.1, -0.05) is 0 Å². The Labute approximate surface area is 143 Å². The summed E-state index contributed by atoms with van der Waals surface area (Å²) in [5.41, 5.74) is 0.515. The lowest BCUT2D eigenvalue weighted by molar-refractivity contribution is 0.00257. The summed E-state index contributed by atoms with van der Waals surface area (Å²) in [5, 5.41) is 10.7. The Hall–Kier alpha value is -1.76. The van der Waals surface area contributed by atoms with Crippen molar-refractivity contribution in [3.05, 3.63) is 36.4 Å². The number of likely N-dealkylation sites (tertiary alicyclic amines) is 1. The first-order chi connectivity index (χ1) is 11.5. The monoisotopic (exact) mass is 330 g/mol. The standard InChI is InChI=1S/C18H26N4O2/c1-21(2)14-18(23)6-4-8-22(9-7-18)13-15-11-19-17(20-12-15)16-5-3-10-24-16/h3,5,10-12,23H,4,6-9,13-14H2,1-2H3. The molecule has 1 fully saturated rings. The molecule has 0 aliphatic carbocycles. The molecular weight excluding hydrogens is 304 g/mol. The summed E-state index contributed by atoms with van der Waals surface area (Å²) < 4.78 is 5.31. The summed E-state index contributed by atoms with van der Waals surface area (Å²) in [4.78, 5) is 13.2. The van der Waals surface area contributed by atoms with Crippen molar-refractivity contribution < 1.29 is 9.52 Å². The zero-order valence-corrected chi connectivity index (χ0v) is 14.5. The SMILES string of the molecule is CN(C)CC1(O)CCCN(Cc2cnc(-c3ccco3)nc2)CC1. The van der Waals surface area contributed by atoms with E-state index in [4.69, 9.17) is 4.42 Å². The van der Waals surface area contributed by atoms with Gasteiger partial charge in [-0.25, -0.2) is 9.97 Å². The number of hydrogen-bond donors (Lipinski definition) is 1. The molecule has 0 bridgehead atoms. The van der Waals surface area contributed by atoms with E-state index in [0.717, 1.165) is 51.0 Å². The maximum absolute atomic E-state index is 10.7. The molecule has 6 heteroatoms. The third-order valence-electron chi connectivity index (χ3n) is 4.47. The fourth-order valence-corrected chi connectivity index (χ4v) is 3.37. The molecule has 130 valence electrons. The quantitative estimate of drug-likeness (QED) is 0.905. The Kier molecular flexibility index (Phi) is 5.28. The first-order valence-electron chi connectivity index (χ1n) is 8.48. The predicted octanol–water partition coefficient (Wildman–Crippen LogP) is 2.02. The number of aliphatic hydroxyl groups is 1. The van der Waals surface area contributed by atoms with Gasteiger partial charge in [-0.15, -0.1) is 0 Å². The summed E-state index contributed by atoms with van der Waals surface area (Å²) >= 11 is 0. The zero-order valence-electron chi connectivity index (χ0n) is 14.5. The smallest absolute Gasteiger partial charge is 0.195 e. The number of rotatable bonds is 5. The summed E-state index contributed by atoms with van der Waals surface area (Å²) in [6.45, 7) is 3.43. The Morgan fingerprint density at radius 3 is 2.71 bits per heavy atom. The molecule has 0 spiro atoms. The Balaban J connectivity index is 1.58. The lowest BCUT2D eigenvalue weighted by Crippen LogP contribution is -2.40. The minimum absolute atomic E-state index is 0.572. The largest absolute Gasteiger partial charge is 0.461 e. The van der Waals surface area contributed by atoms with E-state index in [9.17, 15) is 5.11 Å². The van der Waals surface area contributed by atoms with Gasteiger partial charge in [-0.3, -0.25) is 4.90 Å². The first kappa shape index (κ1) is 17.1. The molecule has 1 N–H and O–H groups in total. The van der Waals surface area contributed by atoms with E-state index in [1.165, 1.54) is 0 Å². The molecule has 24 heavy (non-hydrogen) atoms. The molecule has 3 rings (SSSR count). The van der Waals surface area contributed by atoms with Crippen LogP contribution in [0.3, 0.4) is 0 Å². The van der Waals surface area contributed by atoms with Crippen LogP contribution in [0.5, 0.6) is 0 Å². The van der Waals surface area contributed by atoms with Crippen molar-refractivity contribution in [3.8, 4) is 11.6 Å². The molecule has 1 aliphatic heterocycles. The number of likely N-dealkylation sites (N-methyl/N-ethyl adjacent to an activating group) is 1. The van der Waals surface area contributed by atoms with E-state index in [-0.39, 0.29) is 0 Å². The topological polar surface area (TPSA) is 65.6 Å². The van der Waals surface area contributed by atoms with Crippen LogP contribution >= 0.6 is 0 Å². The van der Waals surface area contributed by atoms with Gasteiger partial charge in [-0.2, -0.15) is 0 Å². The minimum Gasteiger partial charge on any atom is -0.461 e. The highest BCUT2D eigenvalue weighted by Gasteiger charge is 2.30. The molecule has 6 nitrogen and oxygen atoms in total. The lowest BCUT2D eigenvalue weighted by atomic mass is 9.94. The summed E-state index contributed by atoms with van der Waals surface area (Å²) in [5.74, 6) is 1.30. The van der Waals surface area contributed by atoms with Crippen LogP contribution in [0, 0.1) is 0 Å². The van der Waals surface area contributed by atoms with Gasteiger partial charge in [0.2, 0.25) is 0 Å². The molecular formula is C18H26N4O2. The van der Waals surface area contributed by atoms with Crippen LogP contribution in [0.25, 0.3) is 11.6 Å². The number of furan rings is 1. The summed E-state index contributed by atoms with van der Waals surface area (Å²) in [7, 11) is 4.02. The van der Waals surface area contributed by atoms with Crippen molar-refractivity contribution in [2.24, 2.45) is 0 Å². The van der Waals surface area contributed by atoms with Gasteiger partial charge >= 0.3 is 0 Å². The molecule has 0 radical (unpaired) electrons. The molecule has 1 saturated heterocycles. The van der Waals surface area contributed by atoms with E-state index in [1.807, 2.05) is 38.6 Å². The van der Waals surface area contributed by atoms with Gasteiger partial charge in [0, 0.05) is 37.6 Å².